The molecule has 0 aliphatic heterocycles. The van der Waals surface area contributed by atoms with Crippen molar-refractivity contribution >= 4 is 17.1 Å². The Labute approximate surface area is 346 Å². The fraction of sp³-hybridized carbons (Fsp3) is 0.368. The average Bonchev–Trinajstić information content (AvgIpc) is 3.65. The van der Waals surface area contributed by atoms with E-state index in [0.717, 1.165) is 11.8 Å². The molecule has 7 aliphatic carbocycles. The SMILES string of the molecule is CC1(C)CCC(C)(C)c2cc(N(c3ccc4c(c3)C(C)(C)c3ccccc3-4)c3cccc4c3-c3cccc(-c5ccccc5)c3C43C4CC5CC(C4)CC3C5)ccc21. The summed E-state index contributed by atoms with van der Waals surface area (Å²) in [6.45, 7) is 14.7. The van der Waals surface area contributed by atoms with Crippen LogP contribution in [0.4, 0.5) is 17.1 Å². The van der Waals surface area contributed by atoms with Gasteiger partial charge in [0.15, 0.2) is 0 Å². The van der Waals surface area contributed by atoms with Crippen molar-refractivity contribution in [1.29, 1.82) is 0 Å². The zero-order valence-corrected chi connectivity index (χ0v) is 35.3. The Morgan fingerprint density at radius 3 is 1.76 bits per heavy atom. The Kier molecular flexibility index (Phi) is 7.18. The molecule has 0 aromatic heterocycles. The molecule has 0 amide bonds. The van der Waals surface area contributed by atoms with Crippen LogP contribution in [0.5, 0.6) is 0 Å². The zero-order chi connectivity index (χ0) is 39.3. The maximum Gasteiger partial charge on any atom is 0.0543 e. The smallest absolute Gasteiger partial charge is 0.0543 e. The second kappa shape index (κ2) is 11.9. The van der Waals surface area contributed by atoms with Crippen LogP contribution in [0, 0.1) is 23.7 Å². The van der Waals surface area contributed by atoms with Crippen molar-refractivity contribution in [1.82, 2.24) is 0 Å². The van der Waals surface area contributed by atoms with Gasteiger partial charge in [-0.05, 0) is 171 Å². The van der Waals surface area contributed by atoms with Gasteiger partial charge in [0, 0.05) is 27.8 Å². The molecule has 290 valence electrons. The molecule has 4 bridgehead atoms. The van der Waals surface area contributed by atoms with E-state index in [9.17, 15) is 0 Å². The second-order valence-corrected chi connectivity index (χ2v) is 21.2. The quantitative estimate of drug-likeness (QED) is 0.173. The van der Waals surface area contributed by atoms with Crippen LogP contribution in [0.1, 0.15) is 120 Å². The lowest BCUT2D eigenvalue weighted by molar-refractivity contribution is -0.0397. The molecular formula is C57H57N. The first kappa shape index (κ1) is 35.1. The van der Waals surface area contributed by atoms with Gasteiger partial charge in [0.05, 0.1) is 5.69 Å². The normalized spacial score (nSPS) is 26.8. The fourth-order valence-corrected chi connectivity index (χ4v) is 14.3. The number of nitrogens with zero attached hydrogens (tertiary/aromatic N) is 1. The zero-order valence-electron chi connectivity index (χ0n) is 35.3. The van der Waals surface area contributed by atoms with Crippen molar-refractivity contribution in [2.45, 2.75) is 108 Å². The maximum atomic E-state index is 2.68. The molecule has 0 radical (unpaired) electrons. The summed E-state index contributed by atoms with van der Waals surface area (Å²) in [6, 6.07) is 50.2. The minimum atomic E-state index is -0.0876. The molecule has 58 heavy (non-hydrogen) atoms. The highest BCUT2D eigenvalue weighted by molar-refractivity contribution is 5.99. The minimum Gasteiger partial charge on any atom is -0.310 e. The molecule has 7 aliphatic rings. The summed E-state index contributed by atoms with van der Waals surface area (Å²) >= 11 is 0. The van der Waals surface area contributed by atoms with Gasteiger partial charge in [-0.3, -0.25) is 0 Å². The third-order valence-electron chi connectivity index (χ3n) is 16.9. The Bertz CT molecular complexity index is 2640. The van der Waals surface area contributed by atoms with Crippen molar-refractivity contribution in [2.75, 3.05) is 4.90 Å². The summed E-state index contributed by atoms with van der Waals surface area (Å²) in [6.07, 6.45) is 9.37. The summed E-state index contributed by atoms with van der Waals surface area (Å²) in [5.74, 6) is 3.16. The van der Waals surface area contributed by atoms with Gasteiger partial charge in [-0.1, -0.05) is 139 Å². The molecule has 1 nitrogen and oxygen atoms in total. The molecule has 1 spiro atoms. The van der Waals surface area contributed by atoms with E-state index < -0.39 is 0 Å². The van der Waals surface area contributed by atoms with Gasteiger partial charge in [0.1, 0.15) is 0 Å². The first-order valence-electron chi connectivity index (χ1n) is 22.5. The number of benzene rings is 6. The monoisotopic (exact) mass is 755 g/mol. The van der Waals surface area contributed by atoms with E-state index in [4.69, 9.17) is 0 Å². The molecule has 1 heteroatoms. The van der Waals surface area contributed by atoms with Gasteiger partial charge in [-0.25, -0.2) is 0 Å². The first-order valence-corrected chi connectivity index (χ1v) is 22.5. The van der Waals surface area contributed by atoms with Gasteiger partial charge in [0.2, 0.25) is 0 Å². The van der Waals surface area contributed by atoms with Crippen molar-refractivity contribution in [3.8, 4) is 33.4 Å². The molecule has 4 fully saturated rings. The maximum absolute atomic E-state index is 2.68. The molecule has 6 aromatic carbocycles. The summed E-state index contributed by atoms with van der Waals surface area (Å²) in [7, 11) is 0. The van der Waals surface area contributed by atoms with E-state index in [1.807, 2.05) is 0 Å². The third-order valence-corrected chi connectivity index (χ3v) is 16.9. The third kappa shape index (κ3) is 4.60. The standard InChI is InChI=1S/C57H57N/c1-54(2)26-27-55(3,4)50-34-41(23-25-47(50)54)58(40-22-24-44-43-16-10-11-19-46(43)56(5,6)49(44)33-40)51-21-13-20-48-52(51)45-18-12-17-42(37-14-8-7-9-15-37)53(45)57(48)38-29-35-28-36(31-38)32-39(57)30-35/h7-25,33-36,38-39H,26-32H2,1-6H3. The van der Waals surface area contributed by atoms with E-state index in [0.29, 0.717) is 11.8 Å². The summed E-state index contributed by atoms with van der Waals surface area (Å²) in [5.41, 5.74) is 21.7. The van der Waals surface area contributed by atoms with E-state index in [2.05, 4.69) is 174 Å². The molecule has 0 N–H and O–H groups in total. The molecule has 0 unspecified atom stereocenters. The van der Waals surface area contributed by atoms with Crippen LogP contribution in [0.2, 0.25) is 0 Å². The second-order valence-electron chi connectivity index (χ2n) is 21.2. The number of rotatable bonds is 4. The Morgan fingerprint density at radius 2 is 1.02 bits per heavy atom. The van der Waals surface area contributed by atoms with Crippen LogP contribution in [0.25, 0.3) is 33.4 Å². The lowest BCUT2D eigenvalue weighted by Crippen LogP contribution is -2.55. The number of fused-ring (bicyclic) bond motifs is 7. The summed E-state index contributed by atoms with van der Waals surface area (Å²) in [4.78, 5) is 2.68. The van der Waals surface area contributed by atoms with Crippen molar-refractivity contribution in [3.63, 3.8) is 0 Å². The fourth-order valence-electron chi connectivity index (χ4n) is 14.3. The lowest BCUT2D eigenvalue weighted by atomic mass is 9.42. The van der Waals surface area contributed by atoms with Crippen LogP contribution < -0.4 is 4.90 Å². The highest BCUT2D eigenvalue weighted by Gasteiger charge is 2.62. The highest BCUT2D eigenvalue weighted by Crippen LogP contribution is 2.71. The molecule has 13 rings (SSSR count). The van der Waals surface area contributed by atoms with Crippen molar-refractivity contribution < 1.29 is 0 Å². The van der Waals surface area contributed by atoms with E-state index >= 15 is 0 Å². The number of anilines is 3. The Balaban J connectivity index is 1.14. The van der Waals surface area contributed by atoms with E-state index in [-0.39, 0.29) is 21.7 Å². The molecule has 4 saturated carbocycles. The number of hydrogen-bond acceptors (Lipinski definition) is 1. The van der Waals surface area contributed by atoms with Crippen LogP contribution >= 0.6 is 0 Å². The Morgan fingerprint density at radius 1 is 0.448 bits per heavy atom. The molecule has 6 aromatic rings. The van der Waals surface area contributed by atoms with E-state index in [1.165, 1.54) is 118 Å². The predicted molar refractivity (Wildman–Crippen MR) is 243 cm³/mol. The first-order chi connectivity index (χ1) is 28.0. The van der Waals surface area contributed by atoms with Gasteiger partial charge >= 0.3 is 0 Å². The Hall–Kier alpha value is -4.88. The summed E-state index contributed by atoms with van der Waals surface area (Å²) in [5, 5.41) is 0. The molecule has 0 saturated heterocycles. The highest BCUT2D eigenvalue weighted by atomic mass is 15.1. The van der Waals surface area contributed by atoms with Gasteiger partial charge in [-0.15, -0.1) is 0 Å². The van der Waals surface area contributed by atoms with Gasteiger partial charge in [0.25, 0.3) is 0 Å². The van der Waals surface area contributed by atoms with Crippen LogP contribution in [0.3, 0.4) is 0 Å². The minimum absolute atomic E-state index is 0.0373. The molecular weight excluding hydrogens is 699 g/mol. The van der Waals surface area contributed by atoms with Crippen molar-refractivity contribution in [2.24, 2.45) is 23.7 Å². The van der Waals surface area contributed by atoms with Gasteiger partial charge in [-0.2, -0.15) is 0 Å². The average molecular weight is 756 g/mol. The molecule has 0 heterocycles. The van der Waals surface area contributed by atoms with Crippen LogP contribution in [0.15, 0.2) is 127 Å². The topological polar surface area (TPSA) is 3.24 Å². The van der Waals surface area contributed by atoms with Crippen molar-refractivity contribution in [3.05, 3.63) is 161 Å². The van der Waals surface area contributed by atoms with E-state index in [1.54, 1.807) is 11.1 Å². The predicted octanol–water partition coefficient (Wildman–Crippen LogP) is 15.2. The number of hydrogen-bond donors (Lipinski definition) is 0. The van der Waals surface area contributed by atoms with Gasteiger partial charge < -0.3 is 4.90 Å². The molecule has 0 atom stereocenters. The van der Waals surface area contributed by atoms with Crippen LogP contribution in [-0.2, 0) is 21.7 Å². The van der Waals surface area contributed by atoms with Crippen LogP contribution in [-0.4, -0.2) is 0 Å². The summed E-state index contributed by atoms with van der Waals surface area (Å²) < 4.78 is 0. The largest absolute Gasteiger partial charge is 0.310 e. The lowest BCUT2D eigenvalue weighted by Gasteiger charge is -2.61.